The standard InChI is InChI=1S/C4H3OPS2/c5-6-3-1-2-8-4(3)7/h1-2,7H. The first-order chi connectivity index (χ1) is 3.84. The summed E-state index contributed by atoms with van der Waals surface area (Å²) in [7, 11) is 0.0617. The summed E-state index contributed by atoms with van der Waals surface area (Å²) in [6.45, 7) is 0. The molecule has 1 rings (SSSR count). The highest BCUT2D eigenvalue weighted by molar-refractivity contribution is 7.83. The maximum Gasteiger partial charge on any atom is 0.194 e. The van der Waals surface area contributed by atoms with Crippen LogP contribution in [0.4, 0.5) is 0 Å². The molecule has 1 aromatic rings. The van der Waals surface area contributed by atoms with Gasteiger partial charge in [0.15, 0.2) is 8.46 Å². The Balaban J connectivity index is 3.09. The molecular formula is C4H3OPS2. The van der Waals surface area contributed by atoms with Crippen molar-refractivity contribution in [1.29, 1.82) is 0 Å². The molecule has 1 nitrogen and oxygen atoms in total. The molecule has 1 heterocycles. The van der Waals surface area contributed by atoms with Gasteiger partial charge in [-0.05, 0) is 11.4 Å². The van der Waals surface area contributed by atoms with Crippen LogP contribution in [0.5, 0.6) is 0 Å². The van der Waals surface area contributed by atoms with Crippen LogP contribution in [-0.2, 0) is 4.57 Å². The Labute approximate surface area is 58.3 Å². The van der Waals surface area contributed by atoms with Crippen molar-refractivity contribution in [3.05, 3.63) is 11.4 Å². The minimum absolute atomic E-state index is 0.0617. The molecule has 0 spiro atoms. The van der Waals surface area contributed by atoms with Crippen molar-refractivity contribution in [2.45, 2.75) is 4.21 Å². The molecule has 0 aromatic carbocycles. The van der Waals surface area contributed by atoms with Crippen molar-refractivity contribution in [3.63, 3.8) is 0 Å². The predicted molar refractivity (Wildman–Crippen MR) is 38.8 cm³/mol. The van der Waals surface area contributed by atoms with Gasteiger partial charge in [-0.15, -0.1) is 24.0 Å². The van der Waals surface area contributed by atoms with Crippen LogP contribution in [0, 0.1) is 0 Å². The molecule has 0 amide bonds. The Kier molecular flexibility index (Phi) is 2.06. The first kappa shape index (κ1) is 6.27. The molecule has 4 heteroatoms. The molecule has 1 aromatic heterocycles. The highest BCUT2D eigenvalue weighted by Crippen LogP contribution is 2.14. The zero-order valence-electron chi connectivity index (χ0n) is 3.87. The first-order valence-corrected chi connectivity index (χ1v) is 4.08. The second-order valence-electron chi connectivity index (χ2n) is 1.20. The van der Waals surface area contributed by atoms with Crippen molar-refractivity contribution < 1.29 is 4.57 Å². The topological polar surface area (TPSA) is 17.1 Å². The minimum atomic E-state index is 0.0617. The number of thiophene rings is 1. The highest BCUT2D eigenvalue weighted by atomic mass is 32.2. The average molecular weight is 162 g/mol. The van der Waals surface area contributed by atoms with E-state index in [1.807, 2.05) is 5.38 Å². The molecule has 0 aliphatic rings. The van der Waals surface area contributed by atoms with Gasteiger partial charge in [0.2, 0.25) is 0 Å². The van der Waals surface area contributed by atoms with Gasteiger partial charge in [-0.25, -0.2) is 0 Å². The largest absolute Gasteiger partial charge is 0.269 e. The normalized spacial score (nSPS) is 10.1. The Morgan fingerprint density at radius 1 is 1.75 bits per heavy atom. The van der Waals surface area contributed by atoms with Gasteiger partial charge >= 0.3 is 0 Å². The van der Waals surface area contributed by atoms with Gasteiger partial charge in [-0.2, -0.15) is 0 Å². The van der Waals surface area contributed by atoms with Gasteiger partial charge < -0.3 is 0 Å². The summed E-state index contributed by atoms with van der Waals surface area (Å²) in [6, 6.07) is 1.79. The van der Waals surface area contributed by atoms with E-state index in [4.69, 9.17) is 0 Å². The molecular weight excluding hydrogens is 159 g/mol. The fourth-order valence-corrected chi connectivity index (χ4v) is 1.85. The van der Waals surface area contributed by atoms with Crippen LogP contribution in [0.3, 0.4) is 0 Å². The van der Waals surface area contributed by atoms with Gasteiger partial charge in [-0.3, -0.25) is 4.57 Å². The van der Waals surface area contributed by atoms with E-state index in [9.17, 15) is 4.57 Å². The van der Waals surface area contributed by atoms with Crippen LogP contribution >= 0.6 is 32.4 Å². The third-order valence-electron chi connectivity index (χ3n) is 0.723. The second kappa shape index (κ2) is 2.62. The lowest BCUT2D eigenvalue weighted by atomic mass is 10.7. The molecule has 0 bridgehead atoms. The fraction of sp³-hybridized carbons (Fsp3) is 0. The van der Waals surface area contributed by atoms with Crippen molar-refractivity contribution in [3.8, 4) is 0 Å². The molecule has 8 heavy (non-hydrogen) atoms. The summed E-state index contributed by atoms with van der Waals surface area (Å²) in [6.07, 6.45) is 0. The van der Waals surface area contributed by atoms with Gasteiger partial charge in [-0.1, -0.05) is 0 Å². The van der Waals surface area contributed by atoms with Crippen LogP contribution in [0.25, 0.3) is 0 Å². The van der Waals surface area contributed by atoms with E-state index < -0.39 is 0 Å². The quantitative estimate of drug-likeness (QED) is 0.493. The fourth-order valence-electron chi connectivity index (χ4n) is 0.364. The molecule has 42 valence electrons. The van der Waals surface area contributed by atoms with Gasteiger partial charge in [0.1, 0.15) is 0 Å². The summed E-state index contributed by atoms with van der Waals surface area (Å²) < 4.78 is 11.0. The molecule has 0 atom stereocenters. The van der Waals surface area contributed by atoms with Crippen molar-refractivity contribution in [2.75, 3.05) is 0 Å². The second-order valence-corrected chi connectivity index (χ2v) is 3.53. The van der Waals surface area contributed by atoms with Crippen LogP contribution in [-0.4, -0.2) is 0 Å². The third kappa shape index (κ3) is 1.10. The summed E-state index contributed by atoms with van der Waals surface area (Å²) in [5, 5.41) is 2.64. The zero-order valence-corrected chi connectivity index (χ0v) is 6.47. The Hall–Kier alpha value is 0.150. The third-order valence-corrected chi connectivity index (χ3v) is 2.89. The van der Waals surface area contributed by atoms with E-state index in [0.717, 1.165) is 9.51 Å². The van der Waals surface area contributed by atoms with Crippen LogP contribution in [0.2, 0.25) is 0 Å². The lowest BCUT2D eigenvalue weighted by Crippen LogP contribution is -1.82. The summed E-state index contributed by atoms with van der Waals surface area (Å²) in [5.74, 6) is 0. The lowest BCUT2D eigenvalue weighted by Gasteiger charge is -1.76. The van der Waals surface area contributed by atoms with E-state index in [2.05, 4.69) is 12.6 Å². The smallest absolute Gasteiger partial charge is 0.194 e. The number of rotatable bonds is 1. The van der Waals surface area contributed by atoms with E-state index in [1.165, 1.54) is 11.3 Å². The maximum atomic E-state index is 10.1. The maximum absolute atomic E-state index is 10.1. The molecule has 0 saturated carbocycles. The molecule has 0 aliphatic carbocycles. The summed E-state index contributed by atoms with van der Waals surface area (Å²) in [5.41, 5.74) is 0. The Morgan fingerprint density at radius 3 is 2.75 bits per heavy atom. The minimum Gasteiger partial charge on any atom is -0.269 e. The lowest BCUT2D eigenvalue weighted by molar-refractivity contribution is 0.603. The van der Waals surface area contributed by atoms with Gasteiger partial charge in [0, 0.05) is 0 Å². The van der Waals surface area contributed by atoms with E-state index in [1.54, 1.807) is 6.07 Å². The van der Waals surface area contributed by atoms with Crippen LogP contribution in [0.1, 0.15) is 0 Å². The average Bonchev–Trinajstić information content (AvgIpc) is 2.14. The molecule has 0 unspecified atom stereocenters. The highest BCUT2D eigenvalue weighted by Gasteiger charge is 1.95. The van der Waals surface area contributed by atoms with Crippen molar-refractivity contribution in [1.82, 2.24) is 0 Å². The van der Waals surface area contributed by atoms with Gasteiger partial charge in [0.25, 0.3) is 0 Å². The zero-order chi connectivity index (χ0) is 5.98. The van der Waals surface area contributed by atoms with E-state index in [-0.39, 0.29) is 8.46 Å². The Morgan fingerprint density at radius 2 is 2.50 bits per heavy atom. The number of hydrogen-bond acceptors (Lipinski definition) is 3. The van der Waals surface area contributed by atoms with Crippen LogP contribution in [0.15, 0.2) is 15.7 Å². The molecule has 0 N–H and O–H groups in total. The van der Waals surface area contributed by atoms with Crippen molar-refractivity contribution >= 4 is 37.7 Å². The molecule has 0 aliphatic heterocycles. The summed E-state index contributed by atoms with van der Waals surface area (Å²) >= 11 is 5.53. The number of hydrogen-bond donors (Lipinski definition) is 1. The van der Waals surface area contributed by atoms with Gasteiger partial charge in [0.05, 0.1) is 9.51 Å². The SMILES string of the molecule is O=Pc1ccsc1S. The number of thiol groups is 1. The molecule has 0 fully saturated rings. The first-order valence-electron chi connectivity index (χ1n) is 1.94. The van der Waals surface area contributed by atoms with Crippen molar-refractivity contribution in [2.24, 2.45) is 0 Å². The van der Waals surface area contributed by atoms with E-state index in [0.29, 0.717) is 0 Å². The monoisotopic (exact) mass is 162 g/mol. The predicted octanol–water partition coefficient (Wildman–Crippen LogP) is 1.95. The Bertz CT molecular complexity index is 196. The van der Waals surface area contributed by atoms with Crippen LogP contribution < -0.4 is 5.30 Å². The van der Waals surface area contributed by atoms with E-state index >= 15 is 0 Å². The molecule has 0 saturated heterocycles. The molecule has 0 radical (unpaired) electrons. The summed E-state index contributed by atoms with van der Waals surface area (Å²) in [4.78, 5) is 0.